The van der Waals surface area contributed by atoms with E-state index in [0.717, 1.165) is 43.1 Å². The van der Waals surface area contributed by atoms with Crippen LogP contribution in [0.2, 0.25) is 0 Å². The van der Waals surface area contributed by atoms with Gasteiger partial charge in [0.15, 0.2) is 5.82 Å². The third-order valence-electron chi connectivity index (χ3n) is 5.21. The second kappa shape index (κ2) is 6.60. The Morgan fingerprint density at radius 1 is 0.958 bits per heavy atom. The van der Waals surface area contributed by atoms with E-state index in [4.69, 9.17) is 0 Å². The number of benzene rings is 2. The predicted octanol–water partition coefficient (Wildman–Crippen LogP) is 4.79. The molecule has 0 radical (unpaired) electrons. The average Bonchev–Trinajstić information content (AvgIpc) is 3.07. The molecule has 122 valence electrons. The number of fused-ring (bicyclic) bond motifs is 1. The van der Waals surface area contributed by atoms with Crippen LogP contribution in [0.3, 0.4) is 0 Å². The molecule has 1 saturated carbocycles. The third-order valence-corrected chi connectivity index (χ3v) is 5.21. The first-order valence-corrected chi connectivity index (χ1v) is 8.82. The number of carbonyl (C=O) groups excluding carboxylic acids is 1. The van der Waals surface area contributed by atoms with E-state index in [9.17, 15) is 4.79 Å². The molecule has 4 rings (SSSR count). The molecule has 0 saturated heterocycles. The van der Waals surface area contributed by atoms with Gasteiger partial charge in [0.2, 0.25) is 5.78 Å². The Morgan fingerprint density at radius 3 is 2.42 bits per heavy atom. The zero-order valence-corrected chi connectivity index (χ0v) is 13.7. The number of hydrogen-bond acceptors (Lipinski definition) is 2. The Morgan fingerprint density at radius 2 is 1.67 bits per heavy atom. The van der Waals surface area contributed by atoms with Crippen LogP contribution in [0.4, 0.5) is 0 Å². The fourth-order valence-corrected chi connectivity index (χ4v) is 3.84. The fourth-order valence-electron chi connectivity index (χ4n) is 3.84. The lowest BCUT2D eigenvalue weighted by Crippen LogP contribution is -2.23. The quantitative estimate of drug-likeness (QED) is 0.703. The zero-order valence-electron chi connectivity index (χ0n) is 13.7. The lowest BCUT2D eigenvalue weighted by Gasteiger charge is -2.27. The molecular formula is C21H22N2O. The van der Waals surface area contributed by atoms with Gasteiger partial charge in [0.25, 0.3) is 0 Å². The van der Waals surface area contributed by atoms with Crippen LogP contribution in [0.25, 0.3) is 11.0 Å². The van der Waals surface area contributed by atoms with E-state index in [1.807, 2.05) is 24.3 Å². The zero-order chi connectivity index (χ0) is 16.4. The molecule has 0 amide bonds. The van der Waals surface area contributed by atoms with Crippen LogP contribution in [0.15, 0.2) is 54.6 Å². The van der Waals surface area contributed by atoms with Gasteiger partial charge < -0.3 is 4.98 Å². The number of hydrogen-bond donors (Lipinski definition) is 1. The molecule has 3 aromatic rings. The van der Waals surface area contributed by atoms with E-state index in [1.54, 1.807) is 0 Å². The number of nitrogens with one attached hydrogen (secondary N) is 1. The van der Waals surface area contributed by atoms with E-state index >= 15 is 0 Å². The molecule has 3 nitrogen and oxygen atoms in total. The van der Waals surface area contributed by atoms with Crippen LogP contribution < -0.4 is 0 Å². The number of ketones is 1. The van der Waals surface area contributed by atoms with Crippen LogP contribution >= 0.6 is 0 Å². The second-order valence-electron chi connectivity index (χ2n) is 6.87. The first kappa shape index (κ1) is 15.1. The number of H-pyrrole nitrogens is 1. The fraction of sp³-hybridized carbons (Fsp3) is 0.333. The summed E-state index contributed by atoms with van der Waals surface area (Å²) in [6.07, 6.45) is 5.35. The summed E-state index contributed by atoms with van der Waals surface area (Å²) in [4.78, 5) is 20.4. The highest BCUT2D eigenvalue weighted by Gasteiger charge is 2.28. The number of Topliss-reactive ketones (excluding diaryl/α,β-unsaturated/α-hetero) is 1. The minimum absolute atomic E-state index is 0.123. The van der Waals surface area contributed by atoms with Gasteiger partial charge in [-0.15, -0.1) is 0 Å². The molecule has 0 aliphatic heterocycles. The summed E-state index contributed by atoms with van der Waals surface area (Å²) < 4.78 is 0. The van der Waals surface area contributed by atoms with E-state index in [0.29, 0.717) is 11.7 Å². The molecule has 1 aliphatic rings. The van der Waals surface area contributed by atoms with Crippen LogP contribution in [0.5, 0.6) is 0 Å². The molecule has 24 heavy (non-hydrogen) atoms. The van der Waals surface area contributed by atoms with Crippen molar-refractivity contribution in [1.82, 2.24) is 9.97 Å². The van der Waals surface area contributed by atoms with Gasteiger partial charge in [0, 0.05) is 5.92 Å². The van der Waals surface area contributed by atoms with Crippen LogP contribution in [-0.2, 0) is 6.42 Å². The molecule has 1 heterocycles. The number of rotatable bonds is 4. The van der Waals surface area contributed by atoms with Crippen molar-refractivity contribution in [3.05, 3.63) is 66.0 Å². The number of aromatic nitrogens is 2. The third kappa shape index (κ3) is 3.12. The Bertz CT molecular complexity index is 796. The summed E-state index contributed by atoms with van der Waals surface area (Å²) in [5.41, 5.74) is 3.22. The molecule has 3 heteroatoms. The van der Waals surface area contributed by atoms with E-state index in [1.165, 1.54) is 5.56 Å². The average molecular weight is 318 g/mol. The van der Waals surface area contributed by atoms with Crippen molar-refractivity contribution in [3.63, 3.8) is 0 Å². The van der Waals surface area contributed by atoms with Gasteiger partial charge in [-0.2, -0.15) is 0 Å². The molecule has 1 N–H and O–H groups in total. The van der Waals surface area contributed by atoms with Gasteiger partial charge in [-0.25, -0.2) is 4.98 Å². The van der Waals surface area contributed by atoms with Crippen LogP contribution in [-0.4, -0.2) is 15.8 Å². The molecule has 0 unspecified atom stereocenters. The molecule has 1 aromatic heterocycles. The normalized spacial score (nSPS) is 21.0. The summed E-state index contributed by atoms with van der Waals surface area (Å²) in [7, 11) is 0. The number of imidazole rings is 1. The topological polar surface area (TPSA) is 45.8 Å². The van der Waals surface area contributed by atoms with Crippen molar-refractivity contribution in [3.8, 4) is 0 Å². The Labute approximate surface area is 142 Å². The van der Waals surface area contributed by atoms with Gasteiger partial charge in [-0.05, 0) is 55.7 Å². The maximum absolute atomic E-state index is 12.7. The summed E-state index contributed by atoms with van der Waals surface area (Å²) in [5, 5.41) is 0. The van der Waals surface area contributed by atoms with Crippen molar-refractivity contribution in [2.75, 3.05) is 0 Å². The Balaban J connectivity index is 1.39. The molecule has 0 bridgehead atoms. The van der Waals surface area contributed by atoms with E-state index < -0.39 is 0 Å². The number of aromatic amines is 1. The maximum atomic E-state index is 12.7. The van der Waals surface area contributed by atoms with Crippen molar-refractivity contribution in [2.24, 2.45) is 11.8 Å². The van der Waals surface area contributed by atoms with Crippen molar-refractivity contribution >= 4 is 16.8 Å². The highest BCUT2D eigenvalue weighted by Crippen LogP contribution is 2.32. The highest BCUT2D eigenvalue weighted by molar-refractivity contribution is 5.97. The van der Waals surface area contributed by atoms with Crippen LogP contribution in [0.1, 0.15) is 41.9 Å². The predicted molar refractivity (Wildman–Crippen MR) is 96.0 cm³/mol. The summed E-state index contributed by atoms with van der Waals surface area (Å²) in [6, 6.07) is 18.5. The minimum Gasteiger partial charge on any atom is -0.335 e. The van der Waals surface area contributed by atoms with Crippen LogP contribution in [0, 0.1) is 11.8 Å². The Kier molecular flexibility index (Phi) is 4.16. The molecule has 1 aliphatic carbocycles. The maximum Gasteiger partial charge on any atom is 0.201 e. The van der Waals surface area contributed by atoms with Crippen molar-refractivity contribution in [1.29, 1.82) is 0 Å². The summed E-state index contributed by atoms with van der Waals surface area (Å²) in [5.74, 6) is 1.54. The van der Waals surface area contributed by atoms with Crippen molar-refractivity contribution < 1.29 is 4.79 Å². The molecule has 0 atom stereocenters. The number of nitrogens with zero attached hydrogens (tertiary/aromatic N) is 1. The SMILES string of the molecule is O=C(c1nc2ccccc2[nH]1)C1CCC(Cc2ccccc2)CC1. The van der Waals surface area contributed by atoms with Crippen molar-refractivity contribution in [2.45, 2.75) is 32.1 Å². The van der Waals surface area contributed by atoms with E-state index in [2.05, 4.69) is 40.3 Å². The van der Waals surface area contributed by atoms with E-state index in [-0.39, 0.29) is 11.7 Å². The summed E-state index contributed by atoms with van der Waals surface area (Å²) in [6.45, 7) is 0. The van der Waals surface area contributed by atoms with Gasteiger partial charge >= 0.3 is 0 Å². The lowest BCUT2D eigenvalue weighted by molar-refractivity contribution is 0.0862. The highest BCUT2D eigenvalue weighted by atomic mass is 16.1. The van der Waals surface area contributed by atoms with Gasteiger partial charge in [0.05, 0.1) is 11.0 Å². The number of carbonyl (C=O) groups is 1. The smallest absolute Gasteiger partial charge is 0.201 e. The minimum atomic E-state index is 0.123. The summed E-state index contributed by atoms with van der Waals surface area (Å²) >= 11 is 0. The molecule has 2 aromatic carbocycles. The van der Waals surface area contributed by atoms with Gasteiger partial charge in [-0.3, -0.25) is 4.79 Å². The lowest BCUT2D eigenvalue weighted by atomic mass is 9.77. The first-order chi connectivity index (χ1) is 11.8. The first-order valence-electron chi connectivity index (χ1n) is 8.82. The standard InChI is InChI=1S/C21H22N2O/c24-20(21-22-18-8-4-5-9-19(18)23-21)17-12-10-16(11-13-17)14-15-6-2-1-3-7-15/h1-9,16-17H,10-14H2,(H,22,23). The molecule has 0 spiro atoms. The number of para-hydroxylation sites is 2. The molecule has 1 fully saturated rings. The Hall–Kier alpha value is -2.42. The van der Waals surface area contributed by atoms with Gasteiger partial charge in [-0.1, -0.05) is 42.5 Å². The molecular weight excluding hydrogens is 296 g/mol. The second-order valence-corrected chi connectivity index (χ2v) is 6.87. The van der Waals surface area contributed by atoms with Gasteiger partial charge in [0.1, 0.15) is 0 Å². The largest absolute Gasteiger partial charge is 0.335 e. The monoisotopic (exact) mass is 318 g/mol.